The summed E-state index contributed by atoms with van der Waals surface area (Å²) >= 11 is 5.86. The molecule has 0 spiro atoms. The van der Waals surface area contributed by atoms with E-state index in [1.165, 1.54) is 5.56 Å². The molecule has 0 saturated carbocycles. The summed E-state index contributed by atoms with van der Waals surface area (Å²) in [6.07, 6.45) is 3.52. The Morgan fingerprint density at radius 3 is 2.24 bits per heavy atom. The van der Waals surface area contributed by atoms with Gasteiger partial charge in [-0.15, -0.1) is 5.10 Å². The summed E-state index contributed by atoms with van der Waals surface area (Å²) in [6, 6.07) is 19.8. The molecule has 0 N–H and O–H groups in total. The molecule has 0 aliphatic rings. The number of benzene rings is 2. The molecule has 0 aliphatic heterocycles. The summed E-state index contributed by atoms with van der Waals surface area (Å²) in [4.78, 5) is 6.31. The van der Waals surface area contributed by atoms with Crippen LogP contribution in [0.2, 0.25) is 0 Å². The summed E-state index contributed by atoms with van der Waals surface area (Å²) in [5.74, 6) is 2.44. The van der Waals surface area contributed by atoms with Gasteiger partial charge in [0.05, 0.1) is 26.1 Å². The molecule has 0 fully saturated rings. The van der Waals surface area contributed by atoms with E-state index in [-0.39, 0.29) is 0 Å². The zero-order chi connectivity index (χ0) is 23.2. The molecule has 0 bridgehead atoms. The lowest BCUT2D eigenvalue weighted by Gasteiger charge is -2.16. The van der Waals surface area contributed by atoms with Crippen molar-refractivity contribution < 1.29 is 9.47 Å². The summed E-state index contributed by atoms with van der Waals surface area (Å²) in [7, 11) is 3.71. The van der Waals surface area contributed by atoms with Gasteiger partial charge in [0.15, 0.2) is 5.82 Å². The number of hydrogen-bond donors (Lipinski definition) is 0. The molecule has 7 nitrogen and oxygen atoms in total. The minimum atomic E-state index is 0.549. The van der Waals surface area contributed by atoms with Gasteiger partial charge in [-0.25, -0.2) is 4.68 Å². The molecule has 0 unspecified atom stereocenters. The zero-order valence-corrected chi connectivity index (χ0v) is 19.8. The van der Waals surface area contributed by atoms with Crippen LogP contribution in [0, 0.1) is 4.77 Å². The molecule has 33 heavy (non-hydrogen) atoms. The van der Waals surface area contributed by atoms with Gasteiger partial charge < -0.3 is 9.47 Å². The third-order valence-electron chi connectivity index (χ3n) is 5.17. The van der Waals surface area contributed by atoms with Crippen LogP contribution in [-0.4, -0.2) is 45.0 Å². The number of hydrogen-bond acceptors (Lipinski definition) is 6. The van der Waals surface area contributed by atoms with E-state index in [1.54, 1.807) is 19.5 Å². The van der Waals surface area contributed by atoms with Gasteiger partial charge in [-0.05, 0) is 80.3 Å². The summed E-state index contributed by atoms with van der Waals surface area (Å²) in [6.45, 7) is 3.95. The van der Waals surface area contributed by atoms with Crippen LogP contribution in [0.4, 0.5) is 0 Å². The molecule has 4 rings (SSSR count). The molecular formula is C25H27N5O2S. The maximum absolute atomic E-state index is 5.86. The second-order valence-electron chi connectivity index (χ2n) is 7.61. The van der Waals surface area contributed by atoms with Gasteiger partial charge in [0.2, 0.25) is 4.77 Å². The van der Waals surface area contributed by atoms with Crippen LogP contribution in [0.25, 0.3) is 17.1 Å². The lowest BCUT2D eigenvalue weighted by molar-refractivity contribution is 0.244. The number of nitrogens with zero attached hydrogens (tertiary/aromatic N) is 5. The van der Waals surface area contributed by atoms with E-state index in [1.807, 2.05) is 64.7 Å². The first kappa shape index (κ1) is 22.7. The number of aromatic nitrogens is 4. The van der Waals surface area contributed by atoms with E-state index in [0.717, 1.165) is 35.1 Å². The van der Waals surface area contributed by atoms with Crippen molar-refractivity contribution in [3.05, 3.63) is 83.4 Å². The van der Waals surface area contributed by atoms with Gasteiger partial charge in [0.1, 0.15) is 11.5 Å². The first-order chi connectivity index (χ1) is 16.1. The maximum atomic E-state index is 5.86. The Bertz CT molecular complexity index is 1230. The number of methoxy groups -OCH3 is 1. The molecule has 2 aromatic carbocycles. The molecule has 8 heteroatoms. The third kappa shape index (κ3) is 5.30. The Labute approximate surface area is 198 Å². The first-order valence-electron chi connectivity index (χ1n) is 10.7. The average molecular weight is 462 g/mol. The van der Waals surface area contributed by atoms with E-state index in [0.29, 0.717) is 18.0 Å². The first-order valence-corrected chi connectivity index (χ1v) is 11.1. The Kier molecular flexibility index (Phi) is 7.16. The van der Waals surface area contributed by atoms with Crippen LogP contribution in [0.3, 0.4) is 0 Å². The number of pyridine rings is 1. The molecule has 0 atom stereocenters. The van der Waals surface area contributed by atoms with Gasteiger partial charge in [-0.2, -0.15) is 0 Å². The highest BCUT2D eigenvalue weighted by molar-refractivity contribution is 7.71. The lowest BCUT2D eigenvalue weighted by Crippen LogP contribution is -2.22. The molecule has 0 amide bonds. The minimum absolute atomic E-state index is 0.549. The molecule has 0 aliphatic carbocycles. The highest BCUT2D eigenvalue weighted by Gasteiger charge is 2.16. The van der Waals surface area contributed by atoms with Gasteiger partial charge in [0, 0.05) is 24.5 Å². The largest absolute Gasteiger partial charge is 0.497 e. The summed E-state index contributed by atoms with van der Waals surface area (Å²) in [5.41, 5.74) is 3.06. The van der Waals surface area contributed by atoms with E-state index < -0.39 is 0 Å². The molecule has 2 heterocycles. The normalized spacial score (nSPS) is 11.0. The average Bonchev–Trinajstić information content (AvgIpc) is 3.17. The molecule has 4 aromatic rings. The Hall–Kier alpha value is -3.49. The molecular weight excluding hydrogens is 434 g/mol. The standard InChI is InChI=1S/C25H27N5O2S/c1-4-32-23-9-5-19(6-10-23)17-28(2)18-29-25(33)30(21-7-11-22(31-3)12-8-21)24(27-29)20-13-15-26-16-14-20/h5-16H,4,17-18H2,1-3H3. The van der Waals surface area contributed by atoms with Crippen molar-refractivity contribution in [1.29, 1.82) is 0 Å². The van der Waals surface area contributed by atoms with E-state index in [2.05, 4.69) is 29.1 Å². The molecule has 170 valence electrons. The highest BCUT2D eigenvalue weighted by atomic mass is 32.1. The molecule has 2 aromatic heterocycles. The van der Waals surface area contributed by atoms with Crippen LogP contribution in [0.1, 0.15) is 12.5 Å². The van der Waals surface area contributed by atoms with E-state index >= 15 is 0 Å². The van der Waals surface area contributed by atoms with Crippen molar-refractivity contribution in [2.45, 2.75) is 20.1 Å². The fourth-order valence-electron chi connectivity index (χ4n) is 3.60. The van der Waals surface area contributed by atoms with Crippen LogP contribution >= 0.6 is 12.2 Å². The highest BCUT2D eigenvalue weighted by Crippen LogP contribution is 2.24. The lowest BCUT2D eigenvalue weighted by atomic mass is 10.2. The van der Waals surface area contributed by atoms with Gasteiger partial charge in [-0.1, -0.05) is 12.1 Å². The number of ether oxygens (including phenoxy) is 2. The number of rotatable bonds is 9. The summed E-state index contributed by atoms with van der Waals surface area (Å²) in [5, 5.41) is 4.87. The Morgan fingerprint density at radius 1 is 0.939 bits per heavy atom. The van der Waals surface area contributed by atoms with Crippen molar-refractivity contribution in [1.82, 2.24) is 24.2 Å². The SMILES string of the molecule is CCOc1ccc(CN(C)Cn2nc(-c3ccncc3)n(-c3ccc(OC)cc3)c2=S)cc1. The zero-order valence-electron chi connectivity index (χ0n) is 19.0. The van der Waals surface area contributed by atoms with Crippen LogP contribution < -0.4 is 9.47 Å². The van der Waals surface area contributed by atoms with Gasteiger partial charge in [0.25, 0.3) is 0 Å². The van der Waals surface area contributed by atoms with Gasteiger partial charge in [-0.3, -0.25) is 14.5 Å². The fraction of sp³-hybridized carbons (Fsp3) is 0.240. The van der Waals surface area contributed by atoms with Crippen LogP contribution in [0.15, 0.2) is 73.1 Å². The van der Waals surface area contributed by atoms with Crippen molar-refractivity contribution in [2.24, 2.45) is 0 Å². The quantitative estimate of drug-likeness (QED) is 0.328. The third-order valence-corrected chi connectivity index (χ3v) is 5.56. The second kappa shape index (κ2) is 10.4. The fourth-order valence-corrected chi connectivity index (χ4v) is 3.89. The van der Waals surface area contributed by atoms with Crippen molar-refractivity contribution in [2.75, 3.05) is 20.8 Å². The van der Waals surface area contributed by atoms with Gasteiger partial charge >= 0.3 is 0 Å². The molecule has 0 saturated heterocycles. The van der Waals surface area contributed by atoms with Crippen LogP contribution in [0.5, 0.6) is 11.5 Å². The van der Waals surface area contributed by atoms with Crippen LogP contribution in [-0.2, 0) is 13.2 Å². The van der Waals surface area contributed by atoms with Crippen molar-refractivity contribution in [3.8, 4) is 28.6 Å². The predicted octanol–water partition coefficient (Wildman–Crippen LogP) is 4.96. The monoisotopic (exact) mass is 461 g/mol. The molecule has 0 radical (unpaired) electrons. The van der Waals surface area contributed by atoms with Crippen molar-refractivity contribution >= 4 is 12.2 Å². The van der Waals surface area contributed by atoms with E-state index in [4.69, 9.17) is 26.8 Å². The smallest absolute Gasteiger partial charge is 0.204 e. The van der Waals surface area contributed by atoms with E-state index in [9.17, 15) is 0 Å². The van der Waals surface area contributed by atoms with Crippen molar-refractivity contribution in [3.63, 3.8) is 0 Å². The predicted molar refractivity (Wildman–Crippen MR) is 131 cm³/mol. The minimum Gasteiger partial charge on any atom is -0.497 e. The second-order valence-corrected chi connectivity index (χ2v) is 7.97. The topological polar surface area (TPSA) is 57.3 Å². The Balaban J connectivity index is 1.63. The summed E-state index contributed by atoms with van der Waals surface area (Å²) < 4.78 is 15.3. The Morgan fingerprint density at radius 2 is 1.61 bits per heavy atom. The maximum Gasteiger partial charge on any atom is 0.204 e.